The zero-order valence-corrected chi connectivity index (χ0v) is 16.0. The summed E-state index contributed by atoms with van der Waals surface area (Å²) >= 11 is 0. The molecule has 0 bridgehead atoms. The van der Waals surface area contributed by atoms with Crippen molar-refractivity contribution in [1.82, 2.24) is 9.88 Å². The molecule has 0 atom stereocenters. The Labute approximate surface area is 155 Å². The molecule has 0 saturated carbocycles. The lowest BCUT2D eigenvalue weighted by molar-refractivity contribution is 0.0691. The summed E-state index contributed by atoms with van der Waals surface area (Å²) in [5, 5.41) is 0. The molecule has 1 aromatic carbocycles. The standard InChI is InChI=1S/C20H24N2O3S/c1-15-10-12-22(13-11-15)20(23)18-8-5-7-17(21-18)14-26(24,25)19-9-4-3-6-16(19)2/h3-9,15H,10-14H2,1-2H3. The van der Waals surface area contributed by atoms with Crippen LogP contribution < -0.4 is 0 Å². The van der Waals surface area contributed by atoms with Crippen LogP contribution in [0.4, 0.5) is 0 Å². The van der Waals surface area contributed by atoms with Gasteiger partial charge in [-0.05, 0) is 49.4 Å². The van der Waals surface area contributed by atoms with Crippen molar-refractivity contribution < 1.29 is 13.2 Å². The smallest absolute Gasteiger partial charge is 0.272 e. The van der Waals surface area contributed by atoms with Gasteiger partial charge in [-0.3, -0.25) is 4.79 Å². The fourth-order valence-corrected chi connectivity index (χ4v) is 4.78. The molecule has 1 amide bonds. The Bertz CT molecular complexity index is 901. The number of piperidine rings is 1. The Morgan fingerprint density at radius 1 is 1.12 bits per heavy atom. The van der Waals surface area contributed by atoms with E-state index in [-0.39, 0.29) is 11.7 Å². The molecular weight excluding hydrogens is 348 g/mol. The van der Waals surface area contributed by atoms with Gasteiger partial charge in [0.15, 0.2) is 9.84 Å². The van der Waals surface area contributed by atoms with Crippen LogP contribution in [-0.4, -0.2) is 37.3 Å². The number of likely N-dealkylation sites (tertiary alicyclic amines) is 1. The van der Waals surface area contributed by atoms with Crippen LogP contribution in [0.3, 0.4) is 0 Å². The number of carbonyl (C=O) groups is 1. The van der Waals surface area contributed by atoms with Crippen LogP contribution in [0.15, 0.2) is 47.4 Å². The zero-order valence-electron chi connectivity index (χ0n) is 15.2. The number of nitrogens with zero attached hydrogens (tertiary/aromatic N) is 2. The normalized spacial score (nSPS) is 15.8. The number of carbonyl (C=O) groups excluding carboxylic acids is 1. The van der Waals surface area contributed by atoms with Gasteiger partial charge < -0.3 is 4.90 Å². The summed E-state index contributed by atoms with van der Waals surface area (Å²) in [6.07, 6.45) is 1.99. The third-order valence-corrected chi connectivity index (χ3v) is 6.67. The van der Waals surface area contributed by atoms with Gasteiger partial charge in [0.05, 0.1) is 16.3 Å². The van der Waals surface area contributed by atoms with Crippen molar-refractivity contribution in [3.63, 3.8) is 0 Å². The van der Waals surface area contributed by atoms with E-state index in [0.717, 1.165) is 25.9 Å². The molecule has 1 aliphatic rings. The van der Waals surface area contributed by atoms with Gasteiger partial charge in [-0.1, -0.05) is 31.2 Å². The van der Waals surface area contributed by atoms with Gasteiger partial charge in [-0.15, -0.1) is 0 Å². The number of pyridine rings is 1. The largest absolute Gasteiger partial charge is 0.337 e. The van der Waals surface area contributed by atoms with Crippen LogP contribution in [0.1, 0.15) is 41.5 Å². The number of amides is 1. The monoisotopic (exact) mass is 372 g/mol. The number of aromatic nitrogens is 1. The maximum atomic E-state index is 12.7. The first kappa shape index (κ1) is 18.6. The topological polar surface area (TPSA) is 67.3 Å². The van der Waals surface area contributed by atoms with E-state index in [2.05, 4.69) is 11.9 Å². The maximum Gasteiger partial charge on any atom is 0.272 e. The summed E-state index contributed by atoms with van der Waals surface area (Å²) in [7, 11) is -3.51. The molecule has 0 aliphatic carbocycles. The van der Waals surface area contributed by atoms with Gasteiger partial charge in [-0.25, -0.2) is 13.4 Å². The third kappa shape index (κ3) is 4.12. The summed E-state index contributed by atoms with van der Waals surface area (Å²) < 4.78 is 25.4. The molecule has 0 spiro atoms. The van der Waals surface area contributed by atoms with Crippen LogP contribution in [-0.2, 0) is 15.6 Å². The minimum Gasteiger partial charge on any atom is -0.337 e. The van der Waals surface area contributed by atoms with Crippen LogP contribution in [0.25, 0.3) is 0 Å². The molecule has 26 heavy (non-hydrogen) atoms. The minimum atomic E-state index is -3.51. The van der Waals surface area contributed by atoms with Crippen molar-refractivity contribution in [3.8, 4) is 0 Å². The molecule has 0 unspecified atom stereocenters. The van der Waals surface area contributed by atoms with Crippen molar-refractivity contribution in [2.75, 3.05) is 13.1 Å². The fourth-order valence-electron chi connectivity index (χ4n) is 3.23. The van der Waals surface area contributed by atoms with E-state index < -0.39 is 9.84 Å². The van der Waals surface area contributed by atoms with E-state index in [9.17, 15) is 13.2 Å². The molecule has 2 heterocycles. The average molecular weight is 372 g/mol. The Morgan fingerprint density at radius 2 is 1.81 bits per heavy atom. The lowest BCUT2D eigenvalue weighted by atomic mass is 9.99. The van der Waals surface area contributed by atoms with E-state index in [1.54, 1.807) is 43.3 Å². The molecule has 1 saturated heterocycles. The van der Waals surface area contributed by atoms with Gasteiger partial charge in [0.25, 0.3) is 5.91 Å². The zero-order chi connectivity index (χ0) is 18.7. The Hall–Kier alpha value is -2.21. The molecule has 0 N–H and O–H groups in total. The first-order chi connectivity index (χ1) is 12.4. The van der Waals surface area contributed by atoms with E-state index in [1.807, 2.05) is 11.0 Å². The third-order valence-electron chi connectivity index (χ3n) is 4.86. The predicted octanol–water partition coefficient (Wildman–Crippen LogP) is 3.24. The molecule has 1 aromatic heterocycles. The number of hydrogen-bond donors (Lipinski definition) is 0. The van der Waals surface area contributed by atoms with E-state index in [1.165, 1.54) is 0 Å². The summed E-state index contributed by atoms with van der Waals surface area (Å²) in [4.78, 5) is 19.1. The van der Waals surface area contributed by atoms with Gasteiger partial charge in [0.2, 0.25) is 0 Å². The second-order valence-corrected chi connectivity index (χ2v) is 8.97. The van der Waals surface area contributed by atoms with Crippen LogP contribution >= 0.6 is 0 Å². The first-order valence-corrected chi connectivity index (χ1v) is 10.6. The Kier molecular flexibility index (Phi) is 5.41. The molecule has 138 valence electrons. The molecule has 1 aliphatic heterocycles. The average Bonchev–Trinajstić information content (AvgIpc) is 2.62. The summed E-state index contributed by atoms with van der Waals surface area (Å²) in [6.45, 7) is 5.43. The molecule has 3 rings (SSSR count). The number of sulfone groups is 1. The highest BCUT2D eigenvalue weighted by atomic mass is 32.2. The number of benzene rings is 1. The second-order valence-electron chi connectivity index (χ2n) is 7.01. The van der Waals surface area contributed by atoms with Crippen molar-refractivity contribution in [2.24, 2.45) is 5.92 Å². The quantitative estimate of drug-likeness (QED) is 0.826. The Morgan fingerprint density at radius 3 is 2.50 bits per heavy atom. The molecular formula is C20H24N2O3S. The molecule has 6 heteroatoms. The van der Waals surface area contributed by atoms with Crippen molar-refractivity contribution in [3.05, 3.63) is 59.4 Å². The van der Waals surface area contributed by atoms with Gasteiger partial charge in [0.1, 0.15) is 5.69 Å². The SMILES string of the molecule is Cc1ccccc1S(=O)(=O)Cc1cccc(C(=O)N2CCC(C)CC2)n1. The minimum absolute atomic E-state index is 0.118. The predicted molar refractivity (Wildman–Crippen MR) is 101 cm³/mol. The van der Waals surface area contributed by atoms with Crippen LogP contribution in [0.2, 0.25) is 0 Å². The maximum absolute atomic E-state index is 12.7. The van der Waals surface area contributed by atoms with Crippen molar-refractivity contribution in [2.45, 2.75) is 37.3 Å². The molecule has 2 aromatic rings. The molecule has 5 nitrogen and oxygen atoms in total. The lowest BCUT2D eigenvalue weighted by Gasteiger charge is -2.30. The van der Waals surface area contributed by atoms with E-state index in [0.29, 0.717) is 27.8 Å². The van der Waals surface area contributed by atoms with Gasteiger partial charge in [-0.2, -0.15) is 0 Å². The summed E-state index contributed by atoms with van der Waals surface area (Å²) in [5.74, 6) is 0.306. The van der Waals surface area contributed by atoms with E-state index >= 15 is 0 Å². The lowest BCUT2D eigenvalue weighted by Crippen LogP contribution is -2.38. The number of hydrogen-bond acceptors (Lipinski definition) is 4. The van der Waals surface area contributed by atoms with Crippen molar-refractivity contribution in [1.29, 1.82) is 0 Å². The van der Waals surface area contributed by atoms with Crippen molar-refractivity contribution >= 4 is 15.7 Å². The summed E-state index contributed by atoms with van der Waals surface area (Å²) in [6, 6.07) is 11.9. The highest BCUT2D eigenvalue weighted by Gasteiger charge is 2.23. The highest BCUT2D eigenvalue weighted by molar-refractivity contribution is 7.90. The Balaban J connectivity index is 1.79. The van der Waals surface area contributed by atoms with Gasteiger partial charge >= 0.3 is 0 Å². The first-order valence-electron chi connectivity index (χ1n) is 8.90. The summed E-state index contributed by atoms with van der Waals surface area (Å²) in [5.41, 5.74) is 1.42. The molecule has 0 radical (unpaired) electrons. The molecule has 1 fully saturated rings. The second kappa shape index (κ2) is 7.58. The van der Waals surface area contributed by atoms with Crippen LogP contribution in [0, 0.1) is 12.8 Å². The van der Waals surface area contributed by atoms with E-state index in [4.69, 9.17) is 0 Å². The fraction of sp³-hybridized carbons (Fsp3) is 0.400. The highest BCUT2D eigenvalue weighted by Crippen LogP contribution is 2.20. The van der Waals surface area contributed by atoms with Gasteiger partial charge in [0, 0.05) is 13.1 Å². The number of aryl methyl sites for hydroxylation is 1. The van der Waals surface area contributed by atoms with Crippen LogP contribution in [0.5, 0.6) is 0 Å². The number of rotatable bonds is 4.